The van der Waals surface area contributed by atoms with Crippen LogP contribution in [0.5, 0.6) is 0 Å². The topological polar surface area (TPSA) is 58.8 Å². The van der Waals surface area contributed by atoms with E-state index >= 15 is 0 Å². The summed E-state index contributed by atoms with van der Waals surface area (Å²) in [5.41, 5.74) is 3.17. The van der Waals surface area contributed by atoms with Crippen molar-refractivity contribution in [3.63, 3.8) is 0 Å². The molecule has 0 saturated carbocycles. The molecule has 0 aliphatic carbocycles. The van der Waals surface area contributed by atoms with Crippen molar-refractivity contribution < 1.29 is 9.18 Å². The van der Waals surface area contributed by atoms with Crippen molar-refractivity contribution in [2.45, 2.75) is 13.1 Å². The molecule has 6 nitrogen and oxygen atoms in total. The van der Waals surface area contributed by atoms with E-state index in [0.717, 1.165) is 11.3 Å². The summed E-state index contributed by atoms with van der Waals surface area (Å²) < 4.78 is 16.9. The van der Waals surface area contributed by atoms with Gasteiger partial charge in [-0.3, -0.25) is 14.2 Å². The highest BCUT2D eigenvalue weighted by Crippen LogP contribution is 2.17. The van der Waals surface area contributed by atoms with E-state index < -0.39 is 5.82 Å². The van der Waals surface area contributed by atoms with Crippen molar-refractivity contribution in [1.29, 1.82) is 0 Å². The van der Waals surface area contributed by atoms with E-state index in [-0.39, 0.29) is 18.0 Å². The predicted molar refractivity (Wildman–Crippen MR) is 112 cm³/mol. The molecule has 0 aliphatic heterocycles. The molecule has 0 unspecified atom stereocenters. The van der Waals surface area contributed by atoms with Gasteiger partial charge in [-0.05, 0) is 48.0 Å². The summed E-state index contributed by atoms with van der Waals surface area (Å²) >= 11 is 0. The number of amides is 1. The molecular weight excluding hydrogens is 371 g/mol. The van der Waals surface area contributed by atoms with Crippen LogP contribution < -0.4 is 15.8 Å². The standard InChI is InChI=1S/C22H21FN4O2/c1-25(2)17-8-5-15(6-9-17)13-24-21(28)14-27-20-12-16(23)7-10-18(20)26-11-3-4-19(26)22(27)29/h3-12H,13-14H2,1-2H3,(H,24,28). The number of fused-ring (bicyclic) bond motifs is 3. The fourth-order valence-electron chi connectivity index (χ4n) is 3.40. The van der Waals surface area contributed by atoms with Gasteiger partial charge < -0.3 is 14.6 Å². The van der Waals surface area contributed by atoms with Crippen LogP contribution in [0.25, 0.3) is 16.6 Å². The monoisotopic (exact) mass is 392 g/mol. The highest BCUT2D eigenvalue weighted by Gasteiger charge is 2.14. The van der Waals surface area contributed by atoms with Crippen LogP contribution in [0.15, 0.2) is 65.6 Å². The summed E-state index contributed by atoms with van der Waals surface area (Å²) in [6, 6.07) is 15.5. The summed E-state index contributed by atoms with van der Waals surface area (Å²) in [7, 11) is 3.92. The molecule has 0 radical (unpaired) electrons. The fourth-order valence-corrected chi connectivity index (χ4v) is 3.40. The van der Waals surface area contributed by atoms with E-state index in [1.807, 2.05) is 43.3 Å². The Bertz CT molecular complexity index is 1260. The molecule has 0 saturated heterocycles. The first-order valence-electron chi connectivity index (χ1n) is 9.26. The van der Waals surface area contributed by atoms with Gasteiger partial charge in [0.1, 0.15) is 17.9 Å². The third kappa shape index (κ3) is 3.59. The second-order valence-corrected chi connectivity index (χ2v) is 7.13. The number of carbonyl (C=O) groups excluding carboxylic acids is 1. The van der Waals surface area contributed by atoms with E-state index in [1.165, 1.54) is 16.7 Å². The summed E-state index contributed by atoms with van der Waals surface area (Å²) in [5, 5.41) is 2.83. The average Bonchev–Trinajstić information content (AvgIpc) is 3.20. The van der Waals surface area contributed by atoms with Crippen LogP contribution >= 0.6 is 0 Å². The zero-order valence-corrected chi connectivity index (χ0v) is 16.2. The maximum absolute atomic E-state index is 13.8. The molecule has 4 rings (SSSR count). The zero-order chi connectivity index (χ0) is 20.5. The first-order valence-corrected chi connectivity index (χ1v) is 9.26. The second-order valence-electron chi connectivity index (χ2n) is 7.13. The lowest BCUT2D eigenvalue weighted by atomic mass is 10.2. The molecular formula is C22H21FN4O2. The highest BCUT2D eigenvalue weighted by molar-refractivity contribution is 5.82. The first-order chi connectivity index (χ1) is 13.9. The molecule has 29 heavy (non-hydrogen) atoms. The van der Waals surface area contributed by atoms with Crippen LogP contribution in [0.4, 0.5) is 10.1 Å². The Hall–Kier alpha value is -3.61. The molecule has 1 N–H and O–H groups in total. The van der Waals surface area contributed by atoms with Gasteiger partial charge in [0.05, 0.1) is 11.0 Å². The van der Waals surface area contributed by atoms with E-state index in [9.17, 15) is 14.0 Å². The molecule has 2 aromatic heterocycles. The number of anilines is 1. The van der Waals surface area contributed by atoms with Gasteiger partial charge in [0.2, 0.25) is 5.91 Å². The van der Waals surface area contributed by atoms with Crippen LogP contribution in [0.1, 0.15) is 5.56 Å². The van der Waals surface area contributed by atoms with Crippen LogP contribution in [-0.2, 0) is 17.9 Å². The maximum Gasteiger partial charge on any atom is 0.275 e. The molecule has 0 spiro atoms. The minimum atomic E-state index is -0.460. The zero-order valence-electron chi connectivity index (χ0n) is 16.2. The summed E-state index contributed by atoms with van der Waals surface area (Å²) in [4.78, 5) is 27.4. The van der Waals surface area contributed by atoms with E-state index in [4.69, 9.17) is 0 Å². The Balaban J connectivity index is 1.59. The minimum absolute atomic E-state index is 0.184. The lowest BCUT2D eigenvalue weighted by Gasteiger charge is -2.14. The van der Waals surface area contributed by atoms with Gasteiger partial charge in [0, 0.05) is 32.5 Å². The largest absolute Gasteiger partial charge is 0.378 e. The molecule has 7 heteroatoms. The van der Waals surface area contributed by atoms with Crippen molar-refractivity contribution in [2.75, 3.05) is 19.0 Å². The van der Waals surface area contributed by atoms with Crippen molar-refractivity contribution >= 4 is 28.1 Å². The molecule has 4 aromatic rings. The lowest BCUT2D eigenvalue weighted by Crippen LogP contribution is -2.33. The summed E-state index contributed by atoms with van der Waals surface area (Å²) in [6.45, 7) is 0.164. The van der Waals surface area contributed by atoms with Crippen molar-refractivity contribution in [2.24, 2.45) is 0 Å². The van der Waals surface area contributed by atoms with E-state index in [2.05, 4.69) is 5.32 Å². The second kappa shape index (κ2) is 7.43. The Morgan fingerprint density at radius 2 is 1.79 bits per heavy atom. The van der Waals surface area contributed by atoms with Gasteiger partial charge in [0.15, 0.2) is 0 Å². The third-order valence-corrected chi connectivity index (χ3v) is 4.94. The number of rotatable bonds is 5. The molecule has 0 bridgehead atoms. The van der Waals surface area contributed by atoms with Gasteiger partial charge >= 0.3 is 0 Å². The minimum Gasteiger partial charge on any atom is -0.378 e. The van der Waals surface area contributed by atoms with Crippen molar-refractivity contribution in [3.8, 4) is 0 Å². The van der Waals surface area contributed by atoms with Gasteiger partial charge in [-0.25, -0.2) is 4.39 Å². The normalized spacial score (nSPS) is 11.1. The number of hydrogen-bond donors (Lipinski definition) is 1. The smallest absolute Gasteiger partial charge is 0.275 e. The quantitative estimate of drug-likeness (QED) is 0.568. The van der Waals surface area contributed by atoms with Crippen LogP contribution in [-0.4, -0.2) is 29.0 Å². The SMILES string of the molecule is CN(C)c1ccc(CNC(=O)Cn2c(=O)c3cccn3c3ccc(F)cc32)cc1. The summed E-state index contributed by atoms with van der Waals surface area (Å²) in [5.74, 6) is -0.774. The average molecular weight is 392 g/mol. The number of hydrogen-bond acceptors (Lipinski definition) is 3. The number of carbonyl (C=O) groups is 1. The van der Waals surface area contributed by atoms with Crippen LogP contribution in [0, 0.1) is 5.82 Å². The van der Waals surface area contributed by atoms with Gasteiger partial charge in [0.25, 0.3) is 5.56 Å². The molecule has 148 valence electrons. The Kier molecular flexibility index (Phi) is 4.80. The Morgan fingerprint density at radius 1 is 1.03 bits per heavy atom. The maximum atomic E-state index is 13.8. The lowest BCUT2D eigenvalue weighted by molar-refractivity contribution is -0.121. The molecule has 0 fully saturated rings. The summed E-state index contributed by atoms with van der Waals surface area (Å²) in [6.07, 6.45) is 1.75. The molecule has 0 aliphatic rings. The van der Waals surface area contributed by atoms with Crippen LogP contribution in [0.2, 0.25) is 0 Å². The van der Waals surface area contributed by atoms with Crippen molar-refractivity contribution in [3.05, 3.63) is 82.5 Å². The van der Waals surface area contributed by atoms with E-state index in [0.29, 0.717) is 23.1 Å². The van der Waals surface area contributed by atoms with Crippen molar-refractivity contribution in [1.82, 2.24) is 14.3 Å². The Labute approximate surface area is 166 Å². The first kappa shape index (κ1) is 18.7. The number of benzene rings is 2. The third-order valence-electron chi connectivity index (χ3n) is 4.94. The number of aromatic nitrogens is 2. The predicted octanol–water partition coefficient (Wildman–Crippen LogP) is 2.78. The molecule has 2 heterocycles. The van der Waals surface area contributed by atoms with Gasteiger partial charge in [-0.2, -0.15) is 0 Å². The number of halogens is 1. The molecule has 1 amide bonds. The number of nitrogens with one attached hydrogen (secondary N) is 1. The van der Waals surface area contributed by atoms with Crippen LogP contribution in [0.3, 0.4) is 0 Å². The molecule has 2 aromatic carbocycles. The fraction of sp³-hybridized carbons (Fsp3) is 0.182. The van der Waals surface area contributed by atoms with E-state index in [1.54, 1.807) is 28.8 Å². The van der Waals surface area contributed by atoms with Gasteiger partial charge in [-0.1, -0.05) is 12.1 Å². The molecule has 0 atom stereocenters. The van der Waals surface area contributed by atoms with Gasteiger partial charge in [-0.15, -0.1) is 0 Å². The number of nitrogens with zero attached hydrogens (tertiary/aromatic N) is 3. The Morgan fingerprint density at radius 3 is 2.52 bits per heavy atom. The highest BCUT2D eigenvalue weighted by atomic mass is 19.1.